The highest BCUT2D eigenvalue weighted by molar-refractivity contribution is 5.83. The lowest BCUT2D eigenvalue weighted by atomic mass is 9.87. The minimum atomic E-state index is -0.705. The van der Waals surface area contributed by atoms with Gasteiger partial charge in [-0.05, 0) is 51.0 Å². The molecule has 0 saturated carbocycles. The summed E-state index contributed by atoms with van der Waals surface area (Å²) in [6, 6.07) is 0.575. The van der Waals surface area contributed by atoms with Crippen molar-refractivity contribution in [3.8, 4) is 0 Å². The SMILES string of the molecule is O=C(O)CC1CC2CCC(C1)N2C(=O)[C@H]1CCCCN1. The Hall–Kier alpha value is -1.10. The van der Waals surface area contributed by atoms with Gasteiger partial charge in [0, 0.05) is 18.5 Å². The number of piperidine rings is 2. The first kappa shape index (κ1) is 13.9. The molecule has 0 aliphatic carbocycles. The fourth-order valence-electron chi connectivity index (χ4n) is 4.31. The van der Waals surface area contributed by atoms with E-state index in [9.17, 15) is 9.59 Å². The Morgan fingerprint density at radius 2 is 1.80 bits per heavy atom. The maximum Gasteiger partial charge on any atom is 0.303 e. The largest absolute Gasteiger partial charge is 0.481 e. The zero-order chi connectivity index (χ0) is 14.1. The number of carboxylic acids is 1. The summed E-state index contributed by atoms with van der Waals surface area (Å²) in [4.78, 5) is 25.7. The number of hydrogen-bond donors (Lipinski definition) is 2. The molecule has 3 heterocycles. The molecule has 0 aromatic rings. The predicted molar refractivity (Wildman–Crippen MR) is 74.3 cm³/mol. The number of rotatable bonds is 3. The van der Waals surface area contributed by atoms with Crippen LogP contribution in [0.1, 0.15) is 51.4 Å². The number of aliphatic carboxylic acids is 1. The Morgan fingerprint density at radius 3 is 2.35 bits per heavy atom. The van der Waals surface area contributed by atoms with Crippen molar-refractivity contribution >= 4 is 11.9 Å². The molecule has 5 nitrogen and oxygen atoms in total. The quantitative estimate of drug-likeness (QED) is 0.819. The minimum absolute atomic E-state index is 0.00266. The second-order valence-electron chi connectivity index (χ2n) is 6.57. The lowest BCUT2D eigenvalue weighted by Gasteiger charge is -2.41. The van der Waals surface area contributed by atoms with Crippen molar-refractivity contribution in [2.75, 3.05) is 6.54 Å². The summed E-state index contributed by atoms with van der Waals surface area (Å²) in [5.41, 5.74) is 0. The fourth-order valence-corrected chi connectivity index (χ4v) is 4.31. The standard InChI is InChI=1S/C15H24N2O3/c18-14(19)9-10-7-11-4-5-12(8-10)17(11)15(20)13-3-1-2-6-16-13/h10-13,16H,1-9H2,(H,18,19)/t10?,11?,12?,13-/m1/s1. The third-order valence-corrected chi connectivity index (χ3v) is 5.16. The van der Waals surface area contributed by atoms with Crippen LogP contribution in [0.25, 0.3) is 0 Å². The van der Waals surface area contributed by atoms with Crippen LogP contribution in [0.15, 0.2) is 0 Å². The summed E-state index contributed by atoms with van der Waals surface area (Å²) in [7, 11) is 0. The Bertz CT molecular complexity index is 379. The predicted octanol–water partition coefficient (Wildman–Crippen LogP) is 1.37. The average Bonchev–Trinajstić information content (AvgIpc) is 2.70. The van der Waals surface area contributed by atoms with Gasteiger partial charge < -0.3 is 15.3 Å². The monoisotopic (exact) mass is 280 g/mol. The normalized spacial score (nSPS) is 36.9. The van der Waals surface area contributed by atoms with Crippen LogP contribution in [0.3, 0.4) is 0 Å². The molecule has 3 aliphatic rings. The molecular weight excluding hydrogens is 256 g/mol. The van der Waals surface area contributed by atoms with Gasteiger partial charge in [-0.25, -0.2) is 0 Å². The van der Waals surface area contributed by atoms with E-state index in [1.807, 2.05) is 0 Å². The third-order valence-electron chi connectivity index (χ3n) is 5.16. The molecule has 0 aromatic heterocycles. The Kier molecular flexibility index (Phi) is 3.96. The maximum atomic E-state index is 12.7. The minimum Gasteiger partial charge on any atom is -0.481 e. The topological polar surface area (TPSA) is 69.6 Å². The molecule has 3 fully saturated rings. The third kappa shape index (κ3) is 2.68. The van der Waals surface area contributed by atoms with Crippen molar-refractivity contribution in [3.63, 3.8) is 0 Å². The van der Waals surface area contributed by atoms with E-state index in [2.05, 4.69) is 10.2 Å². The fraction of sp³-hybridized carbons (Fsp3) is 0.867. The van der Waals surface area contributed by atoms with E-state index in [-0.39, 0.29) is 36.4 Å². The molecule has 2 bridgehead atoms. The molecule has 0 aromatic carbocycles. The highest BCUT2D eigenvalue weighted by Crippen LogP contribution is 2.40. The number of carboxylic acid groups (broad SMARTS) is 1. The molecule has 3 rings (SSSR count). The lowest BCUT2D eigenvalue weighted by Crippen LogP contribution is -2.55. The number of carbonyl (C=O) groups excluding carboxylic acids is 1. The number of carbonyl (C=O) groups is 2. The van der Waals surface area contributed by atoms with Crippen molar-refractivity contribution in [3.05, 3.63) is 0 Å². The van der Waals surface area contributed by atoms with Crippen LogP contribution < -0.4 is 5.32 Å². The number of amides is 1. The summed E-state index contributed by atoms with van der Waals surface area (Å²) in [6.45, 7) is 0.946. The van der Waals surface area contributed by atoms with Crippen LogP contribution in [0.4, 0.5) is 0 Å². The second kappa shape index (κ2) is 5.72. The molecule has 3 aliphatic heterocycles. The highest BCUT2D eigenvalue weighted by atomic mass is 16.4. The average molecular weight is 280 g/mol. The summed E-state index contributed by atoms with van der Waals surface area (Å²) < 4.78 is 0. The zero-order valence-corrected chi connectivity index (χ0v) is 11.9. The molecular formula is C15H24N2O3. The molecule has 2 N–H and O–H groups in total. The maximum absolute atomic E-state index is 12.7. The van der Waals surface area contributed by atoms with E-state index in [0.717, 1.165) is 51.5 Å². The van der Waals surface area contributed by atoms with E-state index in [1.165, 1.54) is 0 Å². The van der Waals surface area contributed by atoms with Gasteiger partial charge in [-0.15, -0.1) is 0 Å². The van der Waals surface area contributed by atoms with Crippen molar-refractivity contribution in [1.29, 1.82) is 0 Å². The Morgan fingerprint density at radius 1 is 1.10 bits per heavy atom. The molecule has 20 heavy (non-hydrogen) atoms. The van der Waals surface area contributed by atoms with Crippen molar-refractivity contribution in [2.45, 2.75) is 69.5 Å². The van der Waals surface area contributed by atoms with E-state index in [1.54, 1.807) is 0 Å². The molecule has 112 valence electrons. The van der Waals surface area contributed by atoms with Gasteiger partial charge in [0.05, 0.1) is 6.04 Å². The van der Waals surface area contributed by atoms with Gasteiger partial charge in [0.2, 0.25) is 5.91 Å². The van der Waals surface area contributed by atoms with Gasteiger partial charge in [-0.3, -0.25) is 9.59 Å². The summed E-state index contributed by atoms with van der Waals surface area (Å²) in [6.07, 6.45) is 7.37. The van der Waals surface area contributed by atoms with Gasteiger partial charge in [0.1, 0.15) is 0 Å². The van der Waals surface area contributed by atoms with E-state index < -0.39 is 5.97 Å². The summed E-state index contributed by atoms with van der Waals surface area (Å²) in [5, 5.41) is 12.3. The summed E-state index contributed by atoms with van der Waals surface area (Å²) >= 11 is 0. The van der Waals surface area contributed by atoms with E-state index in [0.29, 0.717) is 0 Å². The molecule has 0 spiro atoms. The van der Waals surface area contributed by atoms with Gasteiger partial charge in [-0.1, -0.05) is 6.42 Å². The molecule has 3 atom stereocenters. The second-order valence-corrected chi connectivity index (χ2v) is 6.57. The van der Waals surface area contributed by atoms with Crippen molar-refractivity contribution in [1.82, 2.24) is 10.2 Å². The summed E-state index contributed by atoms with van der Waals surface area (Å²) in [5.74, 6) is -0.178. The van der Waals surface area contributed by atoms with E-state index >= 15 is 0 Å². The van der Waals surface area contributed by atoms with Crippen LogP contribution in [0.5, 0.6) is 0 Å². The lowest BCUT2D eigenvalue weighted by molar-refractivity contribution is -0.141. The first-order valence-electron chi connectivity index (χ1n) is 7.92. The zero-order valence-electron chi connectivity index (χ0n) is 11.9. The number of nitrogens with one attached hydrogen (secondary N) is 1. The molecule has 1 amide bonds. The number of fused-ring (bicyclic) bond motifs is 2. The van der Waals surface area contributed by atoms with Gasteiger partial charge in [0.15, 0.2) is 0 Å². The molecule has 0 radical (unpaired) electrons. The van der Waals surface area contributed by atoms with Crippen molar-refractivity contribution in [2.24, 2.45) is 5.92 Å². The van der Waals surface area contributed by atoms with Crippen LogP contribution >= 0.6 is 0 Å². The van der Waals surface area contributed by atoms with Crippen LogP contribution in [-0.2, 0) is 9.59 Å². The molecule has 2 unspecified atom stereocenters. The van der Waals surface area contributed by atoms with Gasteiger partial charge in [0.25, 0.3) is 0 Å². The smallest absolute Gasteiger partial charge is 0.303 e. The van der Waals surface area contributed by atoms with E-state index in [4.69, 9.17) is 5.11 Å². The highest BCUT2D eigenvalue weighted by Gasteiger charge is 2.45. The number of nitrogens with zero attached hydrogens (tertiary/aromatic N) is 1. The Balaban J connectivity index is 1.64. The van der Waals surface area contributed by atoms with Gasteiger partial charge >= 0.3 is 5.97 Å². The van der Waals surface area contributed by atoms with Crippen LogP contribution in [0.2, 0.25) is 0 Å². The molecule has 3 saturated heterocycles. The Labute approximate surface area is 119 Å². The number of hydrogen-bond acceptors (Lipinski definition) is 3. The van der Waals surface area contributed by atoms with Crippen molar-refractivity contribution < 1.29 is 14.7 Å². The first-order chi connectivity index (χ1) is 9.65. The first-order valence-corrected chi connectivity index (χ1v) is 7.92. The van der Waals surface area contributed by atoms with Crippen LogP contribution in [0, 0.1) is 5.92 Å². The van der Waals surface area contributed by atoms with Crippen LogP contribution in [-0.4, -0.2) is 46.6 Å². The molecule has 5 heteroatoms. The van der Waals surface area contributed by atoms with Gasteiger partial charge in [-0.2, -0.15) is 0 Å².